The molecule has 1 aromatic rings. The van der Waals surface area contributed by atoms with E-state index in [9.17, 15) is 0 Å². The summed E-state index contributed by atoms with van der Waals surface area (Å²) in [5.41, 5.74) is 7.58. The van der Waals surface area contributed by atoms with Crippen LogP contribution in [0.1, 0.15) is 17.5 Å². The number of nitrogens with zero attached hydrogens (tertiary/aromatic N) is 1. The lowest BCUT2D eigenvalue weighted by Gasteiger charge is -1.97. The first kappa shape index (κ1) is 10.6. The molecule has 1 heterocycles. The van der Waals surface area contributed by atoms with Crippen molar-refractivity contribution in [3.8, 4) is 11.8 Å². The van der Waals surface area contributed by atoms with Crippen LogP contribution in [-0.2, 0) is 0 Å². The van der Waals surface area contributed by atoms with E-state index in [-0.39, 0.29) is 0 Å². The minimum atomic E-state index is 0.507. The van der Waals surface area contributed by atoms with Gasteiger partial charge in [0.15, 0.2) is 0 Å². The Bertz CT molecular complexity index is 361. The van der Waals surface area contributed by atoms with Crippen molar-refractivity contribution in [2.45, 2.75) is 13.3 Å². The van der Waals surface area contributed by atoms with Gasteiger partial charge in [0.1, 0.15) is 5.82 Å². The third-order valence-electron chi connectivity index (χ3n) is 1.78. The smallest absolute Gasteiger partial charge is 0.139 e. The molecule has 74 valence electrons. The number of anilines is 1. The highest BCUT2D eigenvalue weighted by molar-refractivity contribution is 5.51. The van der Waals surface area contributed by atoms with Crippen LogP contribution >= 0.6 is 0 Å². The minimum Gasteiger partial charge on any atom is -0.383 e. The summed E-state index contributed by atoms with van der Waals surface area (Å²) in [5, 5.41) is 3.03. The summed E-state index contributed by atoms with van der Waals surface area (Å²) in [6, 6.07) is 1.95. The van der Waals surface area contributed by atoms with Crippen LogP contribution in [0.15, 0.2) is 12.3 Å². The van der Waals surface area contributed by atoms with Gasteiger partial charge in [0.2, 0.25) is 0 Å². The molecular weight excluding hydrogens is 174 g/mol. The van der Waals surface area contributed by atoms with Gasteiger partial charge in [0.05, 0.1) is 5.56 Å². The van der Waals surface area contributed by atoms with Crippen molar-refractivity contribution in [2.75, 3.05) is 19.3 Å². The lowest BCUT2D eigenvalue weighted by Crippen LogP contribution is -2.06. The average Bonchev–Trinajstić information content (AvgIpc) is 2.18. The van der Waals surface area contributed by atoms with Crippen molar-refractivity contribution >= 4 is 5.82 Å². The van der Waals surface area contributed by atoms with Crippen molar-refractivity contribution < 1.29 is 0 Å². The van der Waals surface area contributed by atoms with Crippen LogP contribution in [0, 0.1) is 18.8 Å². The van der Waals surface area contributed by atoms with Gasteiger partial charge in [-0.3, -0.25) is 0 Å². The average molecular weight is 189 g/mol. The molecule has 0 radical (unpaired) electrons. The largest absolute Gasteiger partial charge is 0.383 e. The number of aromatic nitrogens is 1. The second kappa shape index (κ2) is 5.25. The Hall–Kier alpha value is -1.53. The van der Waals surface area contributed by atoms with Crippen LogP contribution in [0.25, 0.3) is 0 Å². The quantitative estimate of drug-likeness (QED) is 0.537. The monoisotopic (exact) mass is 189 g/mol. The molecule has 0 spiro atoms. The summed E-state index contributed by atoms with van der Waals surface area (Å²) in [4.78, 5) is 4.04. The summed E-state index contributed by atoms with van der Waals surface area (Å²) in [5.74, 6) is 6.56. The predicted molar refractivity (Wildman–Crippen MR) is 58.8 cm³/mol. The number of rotatable bonds is 2. The van der Waals surface area contributed by atoms with Gasteiger partial charge in [0, 0.05) is 19.2 Å². The fourth-order valence-corrected chi connectivity index (χ4v) is 1.03. The Morgan fingerprint density at radius 3 is 3.07 bits per heavy atom. The van der Waals surface area contributed by atoms with Gasteiger partial charge in [-0.2, -0.15) is 0 Å². The van der Waals surface area contributed by atoms with Crippen molar-refractivity contribution in [1.82, 2.24) is 10.3 Å². The van der Waals surface area contributed by atoms with Crippen molar-refractivity contribution in [2.24, 2.45) is 0 Å². The first-order valence-corrected chi connectivity index (χ1v) is 4.59. The SMILES string of the molecule is CNCCC#Cc1cc(C)cnc1N. The second-order valence-corrected chi connectivity index (χ2v) is 3.10. The highest BCUT2D eigenvalue weighted by Crippen LogP contribution is 2.07. The van der Waals surface area contributed by atoms with Gasteiger partial charge in [0.25, 0.3) is 0 Å². The number of pyridine rings is 1. The first-order chi connectivity index (χ1) is 6.74. The first-order valence-electron chi connectivity index (χ1n) is 4.59. The van der Waals surface area contributed by atoms with Crippen LogP contribution in [0.5, 0.6) is 0 Å². The fraction of sp³-hybridized carbons (Fsp3) is 0.364. The fourth-order valence-electron chi connectivity index (χ4n) is 1.03. The van der Waals surface area contributed by atoms with Gasteiger partial charge < -0.3 is 11.1 Å². The van der Waals surface area contributed by atoms with Gasteiger partial charge in [-0.25, -0.2) is 4.98 Å². The van der Waals surface area contributed by atoms with E-state index in [0.29, 0.717) is 5.82 Å². The summed E-state index contributed by atoms with van der Waals surface area (Å²) < 4.78 is 0. The Labute approximate surface area is 84.7 Å². The normalized spacial score (nSPS) is 9.29. The van der Waals surface area contributed by atoms with E-state index in [4.69, 9.17) is 5.73 Å². The predicted octanol–water partition coefficient (Wildman–Crippen LogP) is 0.933. The molecule has 0 aliphatic heterocycles. The molecule has 0 atom stereocenters. The molecule has 0 saturated carbocycles. The molecule has 0 aliphatic carbocycles. The molecule has 14 heavy (non-hydrogen) atoms. The van der Waals surface area contributed by atoms with Gasteiger partial charge in [-0.1, -0.05) is 11.8 Å². The van der Waals surface area contributed by atoms with E-state index in [1.807, 2.05) is 20.0 Å². The van der Waals surface area contributed by atoms with Crippen LogP contribution < -0.4 is 11.1 Å². The number of nitrogen functional groups attached to an aromatic ring is 1. The van der Waals surface area contributed by atoms with E-state index in [2.05, 4.69) is 22.1 Å². The zero-order valence-corrected chi connectivity index (χ0v) is 8.59. The van der Waals surface area contributed by atoms with E-state index in [1.165, 1.54) is 0 Å². The summed E-state index contributed by atoms with van der Waals surface area (Å²) in [6.07, 6.45) is 2.57. The molecule has 0 unspecified atom stereocenters. The number of nitrogens with one attached hydrogen (secondary N) is 1. The van der Waals surface area contributed by atoms with Gasteiger partial charge >= 0.3 is 0 Å². The van der Waals surface area contributed by atoms with Crippen molar-refractivity contribution in [3.63, 3.8) is 0 Å². The zero-order valence-electron chi connectivity index (χ0n) is 8.59. The maximum atomic E-state index is 5.67. The molecule has 3 nitrogen and oxygen atoms in total. The second-order valence-electron chi connectivity index (χ2n) is 3.10. The summed E-state index contributed by atoms with van der Waals surface area (Å²) >= 11 is 0. The lowest BCUT2D eigenvalue weighted by atomic mass is 10.2. The van der Waals surface area contributed by atoms with Gasteiger partial charge in [-0.15, -0.1) is 0 Å². The Balaban J connectivity index is 2.73. The standard InChI is InChI=1S/C11H15N3/c1-9-7-10(11(12)14-8-9)5-3-4-6-13-2/h7-8,13H,4,6H2,1-2H3,(H2,12,14). The van der Waals surface area contributed by atoms with E-state index >= 15 is 0 Å². The van der Waals surface area contributed by atoms with Crippen LogP contribution in [0.3, 0.4) is 0 Å². The molecule has 1 aromatic heterocycles. The molecule has 0 fully saturated rings. The summed E-state index contributed by atoms with van der Waals surface area (Å²) in [7, 11) is 1.91. The highest BCUT2D eigenvalue weighted by Gasteiger charge is 1.95. The molecule has 0 saturated heterocycles. The Morgan fingerprint density at radius 1 is 1.57 bits per heavy atom. The van der Waals surface area contributed by atoms with Crippen LogP contribution in [-0.4, -0.2) is 18.6 Å². The maximum Gasteiger partial charge on any atom is 0.139 e. The zero-order chi connectivity index (χ0) is 10.4. The van der Waals surface area contributed by atoms with Crippen molar-refractivity contribution in [3.05, 3.63) is 23.4 Å². The maximum absolute atomic E-state index is 5.67. The van der Waals surface area contributed by atoms with E-state index in [0.717, 1.165) is 24.1 Å². The number of aryl methyl sites for hydroxylation is 1. The lowest BCUT2D eigenvalue weighted by molar-refractivity contribution is 0.818. The Kier molecular flexibility index (Phi) is 3.96. The molecule has 0 bridgehead atoms. The number of hydrogen-bond acceptors (Lipinski definition) is 3. The van der Waals surface area contributed by atoms with Crippen LogP contribution in [0.4, 0.5) is 5.82 Å². The molecule has 0 aliphatic rings. The van der Waals surface area contributed by atoms with Crippen molar-refractivity contribution in [1.29, 1.82) is 0 Å². The van der Waals surface area contributed by atoms with Crippen LogP contribution in [0.2, 0.25) is 0 Å². The molecule has 0 amide bonds. The molecule has 0 aromatic carbocycles. The van der Waals surface area contributed by atoms with Gasteiger partial charge in [-0.05, 0) is 25.6 Å². The van der Waals surface area contributed by atoms with E-state index < -0.39 is 0 Å². The molecule has 1 rings (SSSR count). The highest BCUT2D eigenvalue weighted by atomic mass is 14.8. The molecule has 3 heteroatoms. The number of hydrogen-bond donors (Lipinski definition) is 2. The molecular formula is C11H15N3. The topological polar surface area (TPSA) is 50.9 Å². The van der Waals surface area contributed by atoms with E-state index in [1.54, 1.807) is 6.20 Å². The third kappa shape index (κ3) is 3.08. The summed E-state index contributed by atoms with van der Waals surface area (Å²) in [6.45, 7) is 2.87. The minimum absolute atomic E-state index is 0.507. The molecule has 3 N–H and O–H groups in total. The third-order valence-corrected chi connectivity index (χ3v) is 1.78. The number of nitrogens with two attached hydrogens (primary N) is 1. The Morgan fingerprint density at radius 2 is 2.36 bits per heavy atom.